The van der Waals surface area contributed by atoms with E-state index in [-0.39, 0.29) is 12.5 Å². The molecule has 1 saturated heterocycles. The van der Waals surface area contributed by atoms with Crippen molar-refractivity contribution in [2.24, 2.45) is 0 Å². The van der Waals surface area contributed by atoms with Gasteiger partial charge in [0.25, 0.3) is 0 Å². The molecule has 1 fully saturated rings. The first kappa shape index (κ1) is 11.6. The Labute approximate surface area is 97.9 Å². The summed E-state index contributed by atoms with van der Waals surface area (Å²) in [6.45, 7) is 3.65. The number of benzene rings is 1. The maximum Gasteiger partial charge on any atom is 0.0512 e. The zero-order valence-electron chi connectivity index (χ0n) is 9.81. The highest BCUT2D eigenvalue weighted by molar-refractivity contribution is 5.19. The van der Waals surface area contributed by atoms with Crippen LogP contribution in [0.4, 0.5) is 0 Å². The van der Waals surface area contributed by atoms with E-state index in [0.717, 1.165) is 6.54 Å². The number of nitrogens with zero attached hydrogens (tertiary/aromatic N) is 1. The van der Waals surface area contributed by atoms with Crippen LogP contribution in [0.2, 0.25) is 0 Å². The summed E-state index contributed by atoms with van der Waals surface area (Å²) in [6, 6.07) is 10.4. The molecule has 0 amide bonds. The minimum absolute atomic E-state index is 0.251. The van der Waals surface area contributed by atoms with E-state index >= 15 is 0 Å². The largest absolute Gasteiger partial charge is 0.396 e. The smallest absolute Gasteiger partial charge is 0.0512 e. The minimum atomic E-state index is 0.251. The number of likely N-dealkylation sites (tertiary alicyclic amines) is 1. The molecule has 0 aromatic heterocycles. The topological polar surface area (TPSA) is 23.5 Å². The molecule has 0 bridgehead atoms. The zero-order valence-corrected chi connectivity index (χ0v) is 9.81. The lowest BCUT2D eigenvalue weighted by Gasteiger charge is -2.29. The molecule has 0 radical (unpaired) electrons. The van der Waals surface area contributed by atoms with E-state index < -0.39 is 0 Å². The molecule has 88 valence electrons. The number of aliphatic hydroxyl groups excluding tert-OH is 1. The van der Waals surface area contributed by atoms with E-state index in [4.69, 9.17) is 0 Å². The number of rotatable bonds is 4. The molecule has 2 nitrogen and oxygen atoms in total. The summed E-state index contributed by atoms with van der Waals surface area (Å²) >= 11 is 0. The molecule has 1 unspecified atom stereocenters. The summed E-state index contributed by atoms with van der Waals surface area (Å²) < 4.78 is 0. The van der Waals surface area contributed by atoms with Crippen molar-refractivity contribution >= 4 is 0 Å². The van der Waals surface area contributed by atoms with Crippen molar-refractivity contribution in [2.45, 2.75) is 25.2 Å². The van der Waals surface area contributed by atoms with E-state index in [1.54, 1.807) is 0 Å². The maximum atomic E-state index is 9.48. The molecule has 1 N–H and O–H groups in total. The predicted molar refractivity (Wildman–Crippen MR) is 66.6 cm³/mol. The van der Waals surface area contributed by atoms with Gasteiger partial charge in [0.05, 0.1) is 6.61 Å². The van der Waals surface area contributed by atoms with Crippen LogP contribution in [-0.2, 0) is 0 Å². The summed E-state index contributed by atoms with van der Waals surface area (Å²) in [5, 5.41) is 9.48. The van der Waals surface area contributed by atoms with Crippen LogP contribution in [0.25, 0.3) is 0 Å². The SMILES string of the molecule is OCC(CN1CCCCC1)c1ccccc1. The van der Waals surface area contributed by atoms with Gasteiger partial charge in [-0.25, -0.2) is 0 Å². The first-order chi connectivity index (χ1) is 7.90. The number of piperidine rings is 1. The number of hydrogen-bond donors (Lipinski definition) is 1. The second kappa shape index (κ2) is 6.02. The Morgan fingerprint density at radius 1 is 1.06 bits per heavy atom. The molecule has 1 aromatic rings. The van der Waals surface area contributed by atoms with Crippen molar-refractivity contribution in [2.75, 3.05) is 26.2 Å². The van der Waals surface area contributed by atoms with Gasteiger partial charge in [-0.3, -0.25) is 0 Å². The van der Waals surface area contributed by atoms with Gasteiger partial charge in [0.1, 0.15) is 0 Å². The average Bonchev–Trinajstić information content (AvgIpc) is 2.38. The molecular weight excluding hydrogens is 198 g/mol. The third-order valence-electron chi connectivity index (χ3n) is 3.42. The summed E-state index contributed by atoms with van der Waals surface area (Å²) in [4.78, 5) is 2.48. The van der Waals surface area contributed by atoms with Crippen molar-refractivity contribution in [3.05, 3.63) is 35.9 Å². The molecule has 1 atom stereocenters. The number of aliphatic hydroxyl groups is 1. The fraction of sp³-hybridized carbons (Fsp3) is 0.571. The lowest BCUT2D eigenvalue weighted by atomic mass is 9.98. The molecule has 1 aromatic carbocycles. The van der Waals surface area contributed by atoms with Gasteiger partial charge in [-0.05, 0) is 31.5 Å². The van der Waals surface area contributed by atoms with E-state index in [1.807, 2.05) is 18.2 Å². The monoisotopic (exact) mass is 219 g/mol. The van der Waals surface area contributed by atoms with Crippen LogP contribution in [-0.4, -0.2) is 36.2 Å². The van der Waals surface area contributed by atoms with Crippen molar-refractivity contribution in [3.8, 4) is 0 Å². The molecule has 1 heterocycles. The zero-order chi connectivity index (χ0) is 11.2. The van der Waals surface area contributed by atoms with Crippen molar-refractivity contribution in [1.82, 2.24) is 4.90 Å². The first-order valence-electron chi connectivity index (χ1n) is 6.28. The third-order valence-corrected chi connectivity index (χ3v) is 3.42. The van der Waals surface area contributed by atoms with Gasteiger partial charge >= 0.3 is 0 Å². The summed E-state index contributed by atoms with van der Waals surface area (Å²) in [6.07, 6.45) is 3.99. The molecule has 2 rings (SSSR count). The van der Waals surface area contributed by atoms with Gasteiger partial charge in [0.15, 0.2) is 0 Å². The predicted octanol–water partition coefficient (Wildman–Crippen LogP) is 2.25. The van der Waals surface area contributed by atoms with Crippen LogP contribution in [0.15, 0.2) is 30.3 Å². The maximum absolute atomic E-state index is 9.48. The lowest BCUT2D eigenvalue weighted by molar-refractivity contribution is 0.179. The van der Waals surface area contributed by atoms with E-state index in [1.165, 1.54) is 37.9 Å². The van der Waals surface area contributed by atoms with Crippen molar-refractivity contribution < 1.29 is 5.11 Å². The quantitative estimate of drug-likeness (QED) is 0.839. The Balaban J connectivity index is 1.94. The molecular formula is C14H21NO. The van der Waals surface area contributed by atoms with Gasteiger partial charge in [-0.2, -0.15) is 0 Å². The second-order valence-electron chi connectivity index (χ2n) is 4.65. The normalized spacial score (nSPS) is 19.6. The molecule has 1 aliphatic rings. The van der Waals surface area contributed by atoms with Gasteiger partial charge in [-0.15, -0.1) is 0 Å². The Morgan fingerprint density at radius 3 is 2.38 bits per heavy atom. The second-order valence-corrected chi connectivity index (χ2v) is 4.65. The molecule has 16 heavy (non-hydrogen) atoms. The minimum Gasteiger partial charge on any atom is -0.396 e. The Bertz CT molecular complexity index is 293. The summed E-state index contributed by atoms with van der Waals surface area (Å²) in [5.74, 6) is 0.277. The average molecular weight is 219 g/mol. The molecule has 1 aliphatic heterocycles. The Morgan fingerprint density at radius 2 is 1.75 bits per heavy atom. The highest BCUT2D eigenvalue weighted by Gasteiger charge is 2.16. The van der Waals surface area contributed by atoms with Crippen LogP contribution in [0, 0.1) is 0 Å². The first-order valence-corrected chi connectivity index (χ1v) is 6.28. The van der Waals surface area contributed by atoms with E-state index in [0.29, 0.717) is 0 Å². The molecule has 0 spiro atoms. The van der Waals surface area contributed by atoms with Crippen LogP contribution in [0.1, 0.15) is 30.7 Å². The highest BCUT2D eigenvalue weighted by Crippen LogP contribution is 2.18. The highest BCUT2D eigenvalue weighted by atomic mass is 16.3. The van der Waals surface area contributed by atoms with Crippen LogP contribution < -0.4 is 0 Å². The summed E-state index contributed by atoms with van der Waals surface area (Å²) in [7, 11) is 0. The number of hydrogen-bond acceptors (Lipinski definition) is 2. The van der Waals surface area contributed by atoms with Crippen LogP contribution >= 0.6 is 0 Å². The third kappa shape index (κ3) is 3.06. The van der Waals surface area contributed by atoms with Crippen LogP contribution in [0.5, 0.6) is 0 Å². The standard InChI is InChI=1S/C14H21NO/c16-12-14(13-7-3-1-4-8-13)11-15-9-5-2-6-10-15/h1,3-4,7-8,14,16H,2,5-6,9-12H2. The molecule has 0 saturated carbocycles. The molecule has 2 heteroatoms. The Kier molecular flexibility index (Phi) is 4.37. The van der Waals surface area contributed by atoms with E-state index in [9.17, 15) is 5.11 Å². The molecule has 0 aliphatic carbocycles. The fourth-order valence-electron chi connectivity index (χ4n) is 2.45. The fourth-order valence-corrected chi connectivity index (χ4v) is 2.45. The lowest BCUT2D eigenvalue weighted by Crippen LogP contribution is -2.34. The Hall–Kier alpha value is -0.860. The van der Waals surface area contributed by atoms with Gasteiger partial charge in [0, 0.05) is 12.5 Å². The van der Waals surface area contributed by atoms with Gasteiger partial charge in [0.2, 0.25) is 0 Å². The summed E-state index contributed by atoms with van der Waals surface area (Å²) in [5.41, 5.74) is 1.26. The van der Waals surface area contributed by atoms with Gasteiger partial charge < -0.3 is 10.0 Å². The van der Waals surface area contributed by atoms with E-state index in [2.05, 4.69) is 17.0 Å². The van der Waals surface area contributed by atoms with Crippen molar-refractivity contribution in [3.63, 3.8) is 0 Å². The van der Waals surface area contributed by atoms with Gasteiger partial charge in [-0.1, -0.05) is 36.8 Å². The van der Waals surface area contributed by atoms with Crippen molar-refractivity contribution in [1.29, 1.82) is 0 Å². The van der Waals surface area contributed by atoms with Crippen LogP contribution in [0.3, 0.4) is 0 Å².